The third kappa shape index (κ3) is 4.65. The maximum Gasteiger partial charge on any atom is 0.408 e. The molecule has 1 atom stereocenters. The lowest BCUT2D eigenvalue weighted by Crippen LogP contribution is -2.17. The first-order valence-electron chi connectivity index (χ1n) is 4.97. The molecule has 1 aromatic heterocycles. The number of aromatic nitrogens is 2. The normalized spacial score (nSPS) is 14.1. The van der Waals surface area contributed by atoms with E-state index in [4.69, 9.17) is 4.74 Å². The molecule has 6 heteroatoms. The Labute approximate surface area is 92.2 Å². The number of methoxy groups -OCH3 is 1. The van der Waals surface area contributed by atoms with Crippen LogP contribution in [0.25, 0.3) is 0 Å². The Bertz CT molecular complexity index is 322. The van der Waals surface area contributed by atoms with E-state index >= 15 is 0 Å². The van der Waals surface area contributed by atoms with Crippen molar-refractivity contribution in [1.29, 1.82) is 0 Å². The third-order valence-corrected chi connectivity index (χ3v) is 2.06. The molecule has 0 radical (unpaired) electrons. The van der Waals surface area contributed by atoms with Gasteiger partial charge in [-0.1, -0.05) is 6.92 Å². The summed E-state index contributed by atoms with van der Waals surface area (Å²) < 4.78 is 42.0. The molecule has 0 fully saturated rings. The van der Waals surface area contributed by atoms with Gasteiger partial charge < -0.3 is 4.74 Å². The van der Waals surface area contributed by atoms with E-state index in [2.05, 4.69) is 5.10 Å². The van der Waals surface area contributed by atoms with Crippen molar-refractivity contribution in [2.45, 2.75) is 26.1 Å². The molecule has 1 aromatic rings. The second kappa shape index (κ2) is 5.34. The highest BCUT2D eigenvalue weighted by Crippen LogP contribution is 2.17. The molecule has 1 unspecified atom stereocenters. The molecular weight excluding hydrogens is 221 g/mol. The molecule has 92 valence electrons. The second-order valence-corrected chi connectivity index (χ2v) is 3.93. The summed E-state index contributed by atoms with van der Waals surface area (Å²) in [5.41, 5.74) is 0.800. The first-order chi connectivity index (χ1) is 7.40. The zero-order valence-corrected chi connectivity index (χ0v) is 9.29. The van der Waals surface area contributed by atoms with Gasteiger partial charge in [-0.3, -0.25) is 4.68 Å². The molecular formula is C10H15F3N2O. The highest BCUT2D eigenvalue weighted by Gasteiger charge is 2.28. The van der Waals surface area contributed by atoms with Crippen molar-refractivity contribution in [3.8, 4) is 0 Å². The molecule has 0 aliphatic carbocycles. The number of rotatable bonds is 5. The second-order valence-electron chi connectivity index (χ2n) is 3.93. The van der Waals surface area contributed by atoms with E-state index < -0.39 is 12.7 Å². The van der Waals surface area contributed by atoms with Crippen LogP contribution in [-0.4, -0.2) is 29.7 Å². The summed E-state index contributed by atoms with van der Waals surface area (Å²) in [6.07, 6.45) is -0.648. The largest absolute Gasteiger partial charge is 0.408 e. The highest BCUT2D eigenvalue weighted by atomic mass is 19.4. The quantitative estimate of drug-likeness (QED) is 0.784. The van der Waals surface area contributed by atoms with Gasteiger partial charge in [0.25, 0.3) is 0 Å². The van der Waals surface area contributed by atoms with Crippen molar-refractivity contribution in [1.82, 2.24) is 9.78 Å². The summed E-state index contributed by atoms with van der Waals surface area (Å²) in [5, 5.41) is 3.67. The van der Waals surface area contributed by atoms with Crippen molar-refractivity contribution in [2.24, 2.45) is 5.92 Å². The van der Waals surface area contributed by atoms with Crippen LogP contribution in [0.15, 0.2) is 12.4 Å². The average Bonchev–Trinajstić information content (AvgIpc) is 2.49. The number of nitrogens with zero attached hydrogens (tertiary/aromatic N) is 2. The van der Waals surface area contributed by atoms with Gasteiger partial charge in [0.05, 0.1) is 6.20 Å². The number of hydrogen-bond acceptors (Lipinski definition) is 2. The summed E-state index contributed by atoms with van der Waals surface area (Å²) in [5.74, 6) is 0.272. The van der Waals surface area contributed by atoms with Crippen molar-refractivity contribution in [2.75, 3.05) is 13.7 Å². The van der Waals surface area contributed by atoms with Crippen LogP contribution < -0.4 is 0 Å². The van der Waals surface area contributed by atoms with E-state index in [1.807, 2.05) is 6.92 Å². The zero-order chi connectivity index (χ0) is 12.2. The minimum Gasteiger partial charge on any atom is -0.384 e. The van der Waals surface area contributed by atoms with Crippen LogP contribution in [0.4, 0.5) is 13.2 Å². The molecule has 0 aromatic carbocycles. The predicted octanol–water partition coefficient (Wildman–Crippen LogP) is 2.27. The first-order valence-corrected chi connectivity index (χ1v) is 4.97. The Balaban J connectivity index is 2.51. The van der Waals surface area contributed by atoms with Gasteiger partial charge >= 0.3 is 6.18 Å². The minimum atomic E-state index is -4.22. The smallest absolute Gasteiger partial charge is 0.384 e. The maximum absolute atomic E-state index is 12.1. The Kier molecular flexibility index (Phi) is 4.35. The fraction of sp³-hybridized carbons (Fsp3) is 0.700. The Morgan fingerprint density at radius 1 is 1.50 bits per heavy atom. The number of ether oxygens (including phenoxy) is 1. The number of halogens is 3. The fourth-order valence-corrected chi connectivity index (χ4v) is 1.53. The summed E-state index contributed by atoms with van der Waals surface area (Å²) in [4.78, 5) is 0. The first kappa shape index (κ1) is 13.0. The lowest BCUT2D eigenvalue weighted by atomic mass is 10.1. The van der Waals surface area contributed by atoms with E-state index in [9.17, 15) is 13.2 Å². The van der Waals surface area contributed by atoms with Crippen LogP contribution in [-0.2, 0) is 17.7 Å². The fourth-order valence-electron chi connectivity index (χ4n) is 1.53. The topological polar surface area (TPSA) is 27.1 Å². The summed E-state index contributed by atoms with van der Waals surface area (Å²) >= 11 is 0. The Morgan fingerprint density at radius 2 is 2.19 bits per heavy atom. The van der Waals surface area contributed by atoms with Gasteiger partial charge in [0, 0.05) is 19.9 Å². The monoisotopic (exact) mass is 236 g/mol. The Hall–Kier alpha value is -1.04. The lowest BCUT2D eigenvalue weighted by Gasteiger charge is -2.08. The maximum atomic E-state index is 12.1. The van der Waals surface area contributed by atoms with Crippen LogP contribution in [0.2, 0.25) is 0 Å². The van der Waals surface area contributed by atoms with Gasteiger partial charge in [0.15, 0.2) is 0 Å². The molecule has 0 saturated carbocycles. The summed E-state index contributed by atoms with van der Waals surface area (Å²) in [7, 11) is 1.60. The van der Waals surface area contributed by atoms with Crippen molar-refractivity contribution in [3.63, 3.8) is 0 Å². The molecule has 3 nitrogen and oxygen atoms in total. The number of alkyl halides is 3. The van der Waals surface area contributed by atoms with E-state index in [1.165, 1.54) is 12.4 Å². The molecule has 0 amide bonds. The molecule has 16 heavy (non-hydrogen) atoms. The molecule has 0 spiro atoms. The molecule has 0 bridgehead atoms. The van der Waals surface area contributed by atoms with E-state index in [0.29, 0.717) is 13.0 Å². The third-order valence-electron chi connectivity index (χ3n) is 2.06. The molecule has 0 N–H and O–H groups in total. The molecule has 1 rings (SSSR count). The van der Waals surface area contributed by atoms with Crippen LogP contribution >= 0.6 is 0 Å². The zero-order valence-electron chi connectivity index (χ0n) is 9.29. The van der Waals surface area contributed by atoms with E-state index in [1.54, 1.807) is 7.11 Å². The van der Waals surface area contributed by atoms with E-state index in [-0.39, 0.29) is 5.92 Å². The minimum absolute atomic E-state index is 0.272. The van der Waals surface area contributed by atoms with E-state index in [0.717, 1.165) is 10.2 Å². The van der Waals surface area contributed by atoms with Gasteiger partial charge in [-0.15, -0.1) is 0 Å². The van der Waals surface area contributed by atoms with Crippen molar-refractivity contribution in [3.05, 3.63) is 18.0 Å². The van der Waals surface area contributed by atoms with Crippen molar-refractivity contribution >= 4 is 0 Å². The summed E-state index contributed by atoms with van der Waals surface area (Å²) in [6, 6.07) is 0. The van der Waals surface area contributed by atoms with Crippen LogP contribution in [0.1, 0.15) is 12.5 Å². The van der Waals surface area contributed by atoms with Gasteiger partial charge in [-0.2, -0.15) is 18.3 Å². The SMILES string of the molecule is COCC(C)Cc1cnn(CC(F)(F)F)c1. The van der Waals surface area contributed by atoms with Crippen LogP contribution in [0.5, 0.6) is 0 Å². The van der Waals surface area contributed by atoms with Gasteiger partial charge in [0.1, 0.15) is 6.54 Å². The highest BCUT2D eigenvalue weighted by molar-refractivity contribution is 5.04. The van der Waals surface area contributed by atoms with Gasteiger partial charge in [0.2, 0.25) is 0 Å². The number of hydrogen-bond donors (Lipinski definition) is 0. The van der Waals surface area contributed by atoms with Gasteiger partial charge in [-0.05, 0) is 17.9 Å². The van der Waals surface area contributed by atoms with Gasteiger partial charge in [-0.25, -0.2) is 0 Å². The van der Waals surface area contributed by atoms with Crippen molar-refractivity contribution < 1.29 is 17.9 Å². The standard InChI is InChI=1S/C10H15F3N2O/c1-8(6-16-2)3-9-4-14-15(5-9)7-10(11,12)13/h4-5,8H,3,6-7H2,1-2H3. The molecule has 0 aliphatic rings. The van der Waals surface area contributed by atoms with Crippen LogP contribution in [0, 0.1) is 5.92 Å². The molecule has 1 heterocycles. The Morgan fingerprint density at radius 3 is 2.75 bits per heavy atom. The summed E-state index contributed by atoms with van der Waals surface area (Å²) in [6.45, 7) is 1.53. The molecule has 0 aliphatic heterocycles. The molecule has 0 saturated heterocycles. The van der Waals surface area contributed by atoms with Crippen LogP contribution in [0.3, 0.4) is 0 Å². The predicted molar refractivity (Wildman–Crippen MR) is 53.0 cm³/mol. The average molecular weight is 236 g/mol. The lowest BCUT2D eigenvalue weighted by molar-refractivity contribution is -0.142.